The zero-order valence-electron chi connectivity index (χ0n) is 19.6. The molecular formula is C26H38FN5O3. The summed E-state index contributed by atoms with van der Waals surface area (Å²) in [6, 6.07) is 5.19. The van der Waals surface area contributed by atoms with E-state index in [9.17, 15) is 14.0 Å². The largest absolute Gasteiger partial charge is 0.415 e. The maximum Gasteiger partial charge on any atom is 0.415 e. The standard InChI is InChI=1S/C24H30FN5O3.2CH4/c1-13(2)21-23(31)28-20-14(3)26-19(27-22(20)30(21)5)12-15-10-17(11-15)29(4)24(32)33-18-8-6-16(25)7-9-18;;/h6-9,13,15,17,21H,10-12H2,1-5H3,(H,28,31);2*1H4/t15?,17?,21-;;/m0../s1. The van der Waals surface area contributed by atoms with Gasteiger partial charge in [-0.05, 0) is 55.9 Å². The molecule has 1 saturated carbocycles. The van der Waals surface area contributed by atoms with Gasteiger partial charge in [0.1, 0.15) is 29.1 Å². The summed E-state index contributed by atoms with van der Waals surface area (Å²) in [4.78, 5) is 37.8. The lowest BCUT2D eigenvalue weighted by atomic mass is 9.77. The number of benzene rings is 1. The first-order chi connectivity index (χ1) is 15.6. The predicted octanol–water partition coefficient (Wildman–Crippen LogP) is 5.06. The van der Waals surface area contributed by atoms with Crippen LogP contribution in [0.3, 0.4) is 0 Å². The number of nitrogens with one attached hydrogen (secondary N) is 1. The van der Waals surface area contributed by atoms with Gasteiger partial charge in [-0.1, -0.05) is 28.7 Å². The Morgan fingerprint density at radius 3 is 2.46 bits per heavy atom. The molecular weight excluding hydrogens is 449 g/mol. The van der Waals surface area contributed by atoms with E-state index in [1.807, 2.05) is 32.7 Å². The minimum Gasteiger partial charge on any atom is -0.410 e. The zero-order valence-corrected chi connectivity index (χ0v) is 19.6. The lowest BCUT2D eigenvalue weighted by molar-refractivity contribution is -0.118. The Bertz CT molecular complexity index is 1050. The third-order valence-electron chi connectivity index (χ3n) is 6.55. The Morgan fingerprint density at radius 1 is 1.23 bits per heavy atom. The van der Waals surface area contributed by atoms with Crippen LogP contribution in [0, 0.1) is 24.6 Å². The van der Waals surface area contributed by atoms with E-state index in [4.69, 9.17) is 9.72 Å². The maximum absolute atomic E-state index is 13.0. The summed E-state index contributed by atoms with van der Waals surface area (Å²) in [6.45, 7) is 5.93. The van der Waals surface area contributed by atoms with Gasteiger partial charge in [0, 0.05) is 26.6 Å². The molecule has 0 bridgehead atoms. The summed E-state index contributed by atoms with van der Waals surface area (Å²) in [6.07, 6.45) is 1.91. The molecule has 1 fully saturated rings. The predicted molar refractivity (Wildman–Crippen MR) is 136 cm³/mol. The van der Waals surface area contributed by atoms with Gasteiger partial charge in [0.05, 0.1) is 5.69 Å². The van der Waals surface area contributed by atoms with E-state index in [2.05, 4.69) is 10.3 Å². The molecule has 8 nitrogen and oxygen atoms in total. The van der Waals surface area contributed by atoms with E-state index in [0.29, 0.717) is 23.8 Å². The van der Waals surface area contributed by atoms with Gasteiger partial charge in [-0.15, -0.1) is 0 Å². The number of hydrogen-bond acceptors (Lipinski definition) is 6. The molecule has 1 atom stereocenters. The quantitative estimate of drug-likeness (QED) is 0.634. The smallest absolute Gasteiger partial charge is 0.410 e. The number of amides is 2. The molecule has 2 amide bonds. The number of ether oxygens (including phenoxy) is 1. The number of aromatic nitrogens is 2. The van der Waals surface area contributed by atoms with Crippen LogP contribution in [0.15, 0.2) is 24.3 Å². The summed E-state index contributed by atoms with van der Waals surface area (Å²) in [7, 11) is 3.62. The fraction of sp³-hybridized carbons (Fsp3) is 0.538. The Morgan fingerprint density at radius 2 is 1.86 bits per heavy atom. The lowest BCUT2D eigenvalue weighted by Crippen LogP contribution is -2.50. The van der Waals surface area contributed by atoms with Crippen molar-refractivity contribution in [3.63, 3.8) is 0 Å². The van der Waals surface area contributed by atoms with Crippen molar-refractivity contribution < 1.29 is 18.7 Å². The molecule has 0 spiro atoms. The molecule has 0 saturated heterocycles. The Balaban J connectivity index is 0.00000216. The summed E-state index contributed by atoms with van der Waals surface area (Å²) >= 11 is 0. The van der Waals surface area contributed by atoms with Crippen molar-refractivity contribution in [1.29, 1.82) is 0 Å². The second-order valence-electron chi connectivity index (χ2n) is 9.34. The number of carbonyl (C=O) groups excluding carboxylic acids is 2. The van der Waals surface area contributed by atoms with Crippen LogP contribution in [0.2, 0.25) is 0 Å². The van der Waals surface area contributed by atoms with Crippen molar-refractivity contribution in [1.82, 2.24) is 14.9 Å². The van der Waals surface area contributed by atoms with Crippen LogP contribution in [0.4, 0.5) is 20.7 Å². The van der Waals surface area contributed by atoms with Crippen molar-refractivity contribution in [3.05, 3.63) is 41.6 Å². The van der Waals surface area contributed by atoms with Gasteiger partial charge < -0.3 is 19.9 Å². The monoisotopic (exact) mass is 487 g/mol. The fourth-order valence-electron chi connectivity index (χ4n) is 4.63. The Hall–Kier alpha value is -3.23. The van der Waals surface area contributed by atoms with Gasteiger partial charge in [-0.2, -0.15) is 0 Å². The van der Waals surface area contributed by atoms with Crippen LogP contribution in [0.5, 0.6) is 5.75 Å². The first-order valence-electron chi connectivity index (χ1n) is 11.3. The molecule has 1 aromatic heterocycles. The van der Waals surface area contributed by atoms with Gasteiger partial charge in [-0.25, -0.2) is 19.2 Å². The number of rotatable bonds is 5. The molecule has 35 heavy (non-hydrogen) atoms. The summed E-state index contributed by atoms with van der Waals surface area (Å²) in [5.74, 6) is 1.92. The summed E-state index contributed by atoms with van der Waals surface area (Å²) in [5.41, 5.74) is 1.44. The van der Waals surface area contributed by atoms with E-state index in [-0.39, 0.29) is 44.6 Å². The highest BCUT2D eigenvalue weighted by molar-refractivity contribution is 6.03. The molecule has 9 heteroatoms. The van der Waals surface area contributed by atoms with Gasteiger partial charge in [0.15, 0.2) is 5.82 Å². The Kier molecular flexibility index (Phi) is 8.81. The lowest BCUT2D eigenvalue weighted by Gasteiger charge is -2.40. The molecule has 1 N–H and O–H groups in total. The third-order valence-corrected chi connectivity index (χ3v) is 6.55. The van der Waals surface area contributed by atoms with Crippen molar-refractivity contribution >= 4 is 23.5 Å². The van der Waals surface area contributed by atoms with Crippen molar-refractivity contribution in [2.24, 2.45) is 11.8 Å². The highest BCUT2D eigenvalue weighted by atomic mass is 19.1. The molecule has 1 aliphatic heterocycles. The minimum absolute atomic E-state index is 0. The second kappa shape index (κ2) is 11.0. The maximum atomic E-state index is 13.0. The van der Waals surface area contributed by atoms with Crippen molar-refractivity contribution in [2.45, 2.75) is 67.0 Å². The average molecular weight is 488 g/mol. The summed E-state index contributed by atoms with van der Waals surface area (Å²) < 4.78 is 18.4. The molecule has 2 aliphatic rings. The highest BCUT2D eigenvalue weighted by Gasteiger charge is 2.38. The number of aryl methyl sites for hydroxylation is 1. The van der Waals surface area contributed by atoms with Gasteiger partial charge in [-0.3, -0.25) is 4.79 Å². The highest BCUT2D eigenvalue weighted by Crippen LogP contribution is 2.37. The van der Waals surface area contributed by atoms with Crippen molar-refractivity contribution in [3.8, 4) is 5.75 Å². The average Bonchev–Trinajstić information content (AvgIpc) is 2.72. The van der Waals surface area contributed by atoms with Gasteiger partial charge in [0.25, 0.3) is 0 Å². The molecule has 1 aromatic carbocycles. The second-order valence-corrected chi connectivity index (χ2v) is 9.34. The van der Waals surface area contributed by atoms with Crippen LogP contribution in [-0.4, -0.2) is 53.0 Å². The summed E-state index contributed by atoms with van der Waals surface area (Å²) in [5, 5.41) is 2.97. The normalized spacial score (nSPS) is 20.6. The van der Waals surface area contributed by atoms with Crippen LogP contribution in [0.25, 0.3) is 0 Å². The topological polar surface area (TPSA) is 87.7 Å². The Labute approximate surface area is 207 Å². The number of hydrogen-bond donors (Lipinski definition) is 1. The molecule has 2 heterocycles. The third kappa shape index (κ3) is 5.71. The molecule has 4 rings (SSSR count). The number of nitrogens with zero attached hydrogens (tertiary/aromatic N) is 4. The van der Waals surface area contributed by atoms with Crippen LogP contribution in [-0.2, 0) is 11.2 Å². The molecule has 0 radical (unpaired) electrons. The van der Waals surface area contributed by atoms with Gasteiger partial charge in [0.2, 0.25) is 5.91 Å². The van der Waals surface area contributed by atoms with Crippen LogP contribution < -0.4 is 15.0 Å². The van der Waals surface area contributed by atoms with Crippen LogP contribution >= 0.6 is 0 Å². The SMILES string of the molecule is C.C.Cc1nc(CC2CC(N(C)C(=O)Oc3ccc(F)cc3)C2)nc2c1NC(=O)[C@H](C(C)C)N2C. The first-order valence-corrected chi connectivity index (χ1v) is 11.3. The van der Waals surface area contributed by atoms with E-state index in [1.165, 1.54) is 24.3 Å². The number of carbonyl (C=O) groups is 2. The van der Waals surface area contributed by atoms with E-state index < -0.39 is 6.09 Å². The molecule has 2 aromatic rings. The number of fused-ring (bicyclic) bond motifs is 1. The van der Waals surface area contributed by atoms with E-state index in [1.54, 1.807) is 11.9 Å². The van der Waals surface area contributed by atoms with E-state index in [0.717, 1.165) is 30.2 Å². The zero-order chi connectivity index (χ0) is 23.9. The fourth-order valence-corrected chi connectivity index (χ4v) is 4.63. The number of halogens is 1. The number of likely N-dealkylation sites (N-methyl/N-ethyl adjacent to an activating group) is 1. The van der Waals surface area contributed by atoms with Gasteiger partial charge >= 0.3 is 6.09 Å². The molecule has 0 unspecified atom stereocenters. The molecule has 1 aliphatic carbocycles. The number of anilines is 2. The first kappa shape index (κ1) is 28.0. The van der Waals surface area contributed by atoms with Crippen LogP contribution in [0.1, 0.15) is 53.1 Å². The van der Waals surface area contributed by atoms with E-state index >= 15 is 0 Å². The minimum atomic E-state index is -0.456. The molecule has 192 valence electrons. The van der Waals surface area contributed by atoms with Crippen molar-refractivity contribution in [2.75, 3.05) is 24.3 Å².